The van der Waals surface area contributed by atoms with Gasteiger partial charge < -0.3 is 10.1 Å². The molecule has 0 bridgehead atoms. The summed E-state index contributed by atoms with van der Waals surface area (Å²) in [7, 11) is 1.43. The second-order valence-electron chi connectivity index (χ2n) is 6.28. The molecule has 1 aliphatic rings. The zero-order chi connectivity index (χ0) is 17.1. The number of rotatable bonds is 4. The molecule has 0 aromatic heterocycles. The lowest BCUT2D eigenvalue weighted by Crippen LogP contribution is -2.27. The van der Waals surface area contributed by atoms with E-state index in [9.17, 15) is 9.18 Å². The molecule has 0 saturated heterocycles. The van der Waals surface area contributed by atoms with E-state index in [1.807, 2.05) is 19.1 Å². The first-order valence-corrected chi connectivity index (χ1v) is 8.34. The van der Waals surface area contributed by atoms with Gasteiger partial charge in [-0.15, -0.1) is 0 Å². The van der Waals surface area contributed by atoms with Crippen molar-refractivity contribution in [3.8, 4) is 5.75 Å². The highest BCUT2D eigenvalue weighted by atomic mass is 19.1. The molecule has 0 aliphatic heterocycles. The molecule has 1 aliphatic carbocycles. The number of carbonyl (C=O) groups excluding carboxylic acids is 1. The first kappa shape index (κ1) is 16.5. The molecule has 3 rings (SSSR count). The Bertz CT molecular complexity index is 757. The van der Waals surface area contributed by atoms with Crippen LogP contribution in [0.2, 0.25) is 0 Å². The molecule has 3 nitrogen and oxygen atoms in total. The van der Waals surface area contributed by atoms with E-state index in [1.165, 1.54) is 37.1 Å². The third-order valence-electron chi connectivity index (χ3n) is 4.63. The Morgan fingerprint density at radius 3 is 2.58 bits per heavy atom. The maximum atomic E-state index is 13.8. The van der Waals surface area contributed by atoms with Crippen LogP contribution in [0.5, 0.6) is 5.75 Å². The third-order valence-corrected chi connectivity index (χ3v) is 4.63. The summed E-state index contributed by atoms with van der Waals surface area (Å²) in [6.07, 6.45) is 4.53. The molecule has 24 heavy (non-hydrogen) atoms. The molecule has 4 heteroatoms. The standard InChI is InChI=1S/C20H22FNO2/c1-13(15-9-10-19(24-2)18(21)12-15)22-20(23)17-8-7-14-5-3-4-6-16(14)11-17/h7-13H,3-6H2,1-2H3,(H,22,23)/t13-/m0/s1. The van der Waals surface area contributed by atoms with Crippen LogP contribution >= 0.6 is 0 Å². The maximum absolute atomic E-state index is 13.8. The topological polar surface area (TPSA) is 38.3 Å². The lowest BCUT2D eigenvalue weighted by atomic mass is 9.90. The summed E-state index contributed by atoms with van der Waals surface area (Å²) in [5.41, 5.74) is 4.00. The normalized spacial score (nSPS) is 14.6. The molecule has 0 saturated carbocycles. The molecule has 0 fully saturated rings. The number of aryl methyl sites for hydroxylation is 2. The molecule has 1 amide bonds. The van der Waals surface area contributed by atoms with Crippen LogP contribution in [0.15, 0.2) is 36.4 Å². The van der Waals surface area contributed by atoms with Crippen LogP contribution in [0.1, 0.15) is 52.9 Å². The molecule has 1 atom stereocenters. The molecule has 2 aromatic rings. The quantitative estimate of drug-likeness (QED) is 0.914. The predicted molar refractivity (Wildman–Crippen MR) is 91.9 cm³/mol. The Hall–Kier alpha value is -2.36. The molecule has 0 radical (unpaired) electrons. The molecule has 0 unspecified atom stereocenters. The van der Waals surface area contributed by atoms with E-state index in [-0.39, 0.29) is 17.7 Å². The highest BCUT2D eigenvalue weighted by molar-refractivity contribution is 5.94. The van der Waals surface area contributed by atoms with Crippen molar-refractivity contribution in [2.45, 2.75) is 38.6 Å². The van der Waals surface area contributed by atoms with Gasteiger partial charge in [-0.2, -0.15) is 0 Å². The smallest absolute Gasteiger partial charge is 0.251 e. The van der Waals surface area contributed by atoms with Crippen molar-refractivity contribution >= 4 is 5.91 Å². The fourth-order valence-electron chi connectivity index (χ4n) is 3.19. The van der Waals surface area contributed by atoms with Crippen molar-refractivity contribution in [3.05, 3.63) is 64.5 Å². The first-order valence-electron chi connectivity index (χ1n) is 8.34. The summed E-state index contributed by atoms with van der Waals surface area (Å²) in [6, 6.07) is 10.4. The van der Waals surface area contributed by atoms with E-state index in [4.69, 9.17) is 4.74 Å². The first-order chi connectivity index (χ1) is 11.6. The second kappa shape index (κ2) is 7.04. The maximum Gasteiger partial charge on any atom is 0.251 e. The van der Waals surface area contributed by atoms with E-state index in [0.29, 0.717) is 11.1 Å². The van der Waals surface area contributed by atoms with Crippen molar-refractivity contribution < 1.29 is 13.9 Å². The van der Waals surface area contributed by atoms with E-state index in [2.05, 4.69) is 11.4 Å². The summed E-state index contributed by atoms with van der Waals surface area (Å²) in [5.74, 6) is -0.357. The minimum Gasteiger partial charge on any atom is -0.494 e. The number of hydrogen-bond donors (Lipinski definition) is 1. The van der Waals surface area contributed by atoms with E-state index in [0.717, 1.165) is 12.8 Å². The SMILES string of the molecule is COc1ccc([C@H](C)NC(=O)c2ccc3c(c2)CCCC3)cc1F. The number of ether oxygens (including phenoxy) is 1. The molecular weight excluding hydrogens is 305 g/mol. The van der Waals surface area contributed by atoms with Crippen LogP contribution in [0, 0.1) is 5.82 Å². The van der Waals surface area contributed by atoms with Crippen molar-refractivity contribution in [3.63, 3.8) is 0 Å². The van der Waals surface area contributed by atoms with Gasteiger partial charge in [0.25, 0.3) is 5.91 Å². The van der Waals surface area contributed by atoms with E-state index in [1.54, 1.807) is 12.1 Å². The van der Waals surface area contributed by atoms with Gasteiger partial charge in [0.1, 0.15) is 0 Å². The fraction of sp³-hybridized carbons (Fsp3) is 0.350. The third kappa shape index (κ3) is 3.42. The molecule has 0 heterocycles. The molecule has 1 N–H and O–H groups in total. The van der Waals surface area contributed by atoms with Gasteiger partial charge in [-0.3, -0.25) is 4.79 Å². The van der Waals surface area contributed by atoms with Gasteiger partial charge in [0, 0.05) is 5.56 Å². The number of nitrogens with one attached hydrogen (secondary N) is 1. The minimum atomic E-state index is -0.426. The van der Waals surface area contributed by atoms with Crippen LogP contribution in [0.3, 0.4) is 0 Å². The number of amides is 1. The molecule has 126 valence electrons. The van der Waals surface area contributed by atoms with Crippen LogP contribution in [0.25, 0.3) is 0 Å². The van der Waals surface area contributed by atoms with Gasteiger partial charge >= 0.3 is 0 Å². The molecule has 0 spiro atoms. The van der Waals surface area contributed by atoms with E-state index >= 15 is 0 Å². The Kier molecular flexibility index (Phi) is 4.84. The summed E-state index contributed by atoms with van der Waals surface area (Å²) >= 11 is 0. The fourth-order valence-corrected chi connectivity index (χ4v) is 3.19. The number of halogens is 1. The number of fused-ring (bicyclic) bond motifs is 1. The summed E-state index contributed by atoms with van der Waals surface area (Å²) in [5, 5.41) is 2.94. The van der Waals surface area contributed by atoms with Crippen LogP contribution in [0.4, 0.5) is 4.39 Å². The summed E-state index contributed by atoms with van der Waals surface area (Å²) < 4.78 is 18.7. The minimum absolute atomic E-state index is 0.132. The molecule has 2 aromatic carbocycles. The van der Waals surface area contributed by atoms with Gasteiger partial charge in [0.05, 0.1) is 13.2 Å². The number of benzene rings is 2. The number of carbonyl (C=O) groups is 1. The zero-order valence-electron chi connectivity index (χ0n) is 14.1. The van der Waals surface area contributed by atoms with Gasteiger partial charge in [-0.05, 0) is 73.6 Å². The number of hydrogen-bond acceptors (Lipinski definition) is 2. The zero-order valence-corrected chi connectivity index (χ0v) is 14.1. The largest absolute Gasteiger partial charge is 0.494 e. The Labute approximate surface area is 141 Å². The van der Waals surface area contributed by atoms with Crippen molar-refractivity contribution in [1.82, 2.24) is 5.32 Å². The summed E-state index contributed by atoms with van der Waals surface area (Å²) in [4.78, 5) is 12.5. The van der Waals surface area contributed by atoms with Crippen molar-refractivity contribution in [2.75, 3.05) is 7.11 Å². The number of methoxy groups -OCH3 is 1. The summed E-state index contributed by atoms with van der Waals surface area (Å²) in [6.45, 7) is 1.84. The van der Waals surface area contributed by atoms with Crippen LogP contribution in [-0.2, 0) is 12.8 Å². The van der Waals surface area contributed by atoms with Crippen molar-refractivity contribution in [2.24, 2.45) is 0 Å². The van der Waals surface area contributed by atoms with Gasteiger partial charge in [0.15, 0.2) is 11.6 Å². The Morgan fingerprint density at radius 2 is 1.88 bits per heavy atom. The van der Waals surface area contributed by atoms with Crippen LogP contribution < -0.4 is 10.1 Å². The predicted octanol–water partition coefficient (Wildman–Crippen LogP) is 4.20. The highest BCUT2D eigenvalue weighted by Crippen LogP contribution is 2.24. The van der Waals surface area contributed by atoms with Crippen molar-refractivity contribution in [1.29, 1.82) is 0 Å². The lowest BCUT2D eigenvalue weighted by molar-refractivity contribution is 0.0939. The van der Waals surface area contributed by atoms with E-state index < -0.39 is 5.82 Å². The average Bonchev–Trinajstić information content (AvgIpc) is 2.61. The Balaban J connectivity index is 1.73. The Morgan fingerprint density at radius 1 is 1.12 bits per heavy atom. The average molecular weight is 327 g/mol. The van der Waals surface area contributed by atoms with Gasteiger partial charge in [0.2, 0.25) is 0 Å². The lowest BCUT2D eigenvalue weighted by Gasteiger charge is -2.18. The molecular formula is C20H22FNO2. The van der Waals surface area contributed by atoms with Gasteiger partial charge in [-0.25, -0.2) is 4.39 Å². The van der Waals surface area contributed by atoms with Gasteiger partial charge in [-0.1, -0.05) is 12.1 Å². The monoisotopic (exact) mass is 327 g/mol. The van der Waals surface area contributed by atoms with Crippen LogP contribution in [-0.4, -0.2) is 13.0 Å². The second-order valence-corrected chi connectivity index (χ2v) is 6.28. The highest BCUT2D eigenvalue weighted by Gasteiger charge is 2.16.